The smallest absolute Gasteiger partial charge is 0.0125 e. The molecule has 1 fully saturated rings. The van der Waals surface area contributed by atoms with E-state index in [4.69, 9.17) is 5.73 Å². The molecular formula is C13H17N. The zero-order chi connectivity index (χ0) is 10.1. The molecule has 0 aromatic rings. The van der Waals surface area contributed by atoms with Gasteiger partial charge < -0.3 is 5.73 Å². The SMILES string of the molecule is C/C=C\C(C1=CC=CC2CC12)=C(\C)N. The third-order valence-electron chi connectivity index (χ3n) is 2.94. The van der Waals surface area contributed by atoms with Crippen molar-refractivity contribution in [3.05, 3.63) is 47.2 Å². The molecule has 1 heteroatoms. The maximum atomic E-state index is 5.90. The van der Waals surface area contributed by atoms with Crippen LogP contribution in [0.15, 0.2) is 47.2 Å². The van der Waals surface area contributed by atoms with Crippen molar-refractivity contribution in [1.29, 1.82) is 0 Å². The summed E-state index contributed by atoms with van der Waals surface area (Å²) in [7, 11) is 0. The molecule has 1 nitrogen and oxygen atoms in total. The highest BCUT2D eigenvalue weighted by Crippen LogP contribution is 2.50. The van der Waals surface area contributed by atoms with Crippen LogP contribution in [0.4, 0.5) is 0 Å². The molecule has 2 rings (SSSR count). The first kappa shape index (κ1) is 9.32. The van der Waals surface area contributed by atoms with Crippen LogP contribution in [0, 0.1) is 11.8 Å². The summed E-state index contributed by atoms with van der Waals surface area (Å²) in [4.78, 5) is 0. The lowest BCUT2D eigenvalue weighted by atomic mass is 9.95. The van der Waals surface area contributed by atoms with Gasteiger partial charge in [-0.1, -0.05) is 30.4 Å². The van der Waals surface area contributed by atoms with Gasteiger partial charge in [0.15, 0.2) is 0 Å². The summed E-state index contributed by atoms with van der Waals surface area (Å²) in [6, 6.07) is 0. The zero-order valence-corrected chi connectivity index (χ0v) is 8.83. The van der Waals surface area contributed by atoms with Gasteiger partial charge in [0.25, 0.3) is 0 Å². The second-order valence-electron chi connectivity index (χ2n) is 4.11. The second kappa shape index (κ2) is 3.49. The molecule has 0 heterocycles. The molecule has 0 aromatic carbocycles. The molecule has 2 aliphatic carbocycles. The lowest BCUT2D eigenvalue weighted by molar-refractivity contribution is 0.918. The van der Waals surface area contributed by atoms with E-state index in [1.54, 1.807) is 0 Å². The molecular weight excluding hydrogens is 170 g/mol. The topological polar surface area (TPSA) is 26.0 Å². The number of fused-ring (bicyclic) bond motifs is 1. The van der Waals surface area contributed by atoms with Gasteiger partial charge in [-0.25, -0.2) is 0 Å². The van der Waals surface area contributed by atoms with E-state index < -0.39 is 0 Å². The maximum Gasteiger partial charge on any atom is 0.0125 e. The standard InChI is InChI=1S/C13H17N/c1-3-5-11(9(2)14)12-7-4-6-10-8-13(10)12/h3-7,10,13H,8,14H2,1-2H3/b5-3-,11-9+. The lowest BCUT2D eigenvalue weighted by Gasteiger charge is -2.11. The highest BCUT2D eigenvalue weighted by atomic mass is 14.6. The van der Waals surface area contributed by atoms with Crippen molar-refractivity contribution >= 4 is 0 Å². The fraction of sp³-hybridized carbons (Fsp3) is 0.385. The summed E-state index contributed by atoms with van der Waals surface area (Å²) < 4.78 is 0. The Hall–Kier alpha value is -1.24. The van der Waals surface area contributed by atoms with Crippen LogP contribution < -0.4 is 5.73 Å². The number of rotatable bonds is 2. The number of hydrogen-bond acceptors (Lipinski definition) is 1. The number of allylic oxidation sites excluding steroid dienone is 8. The van der Waals surface area contributed by atoms with Crippen LogP contribution in [-0.4, -0.2) is 0 Å². The molecule has 2 aliphatic rings. The van der Waals surface area contributed by atoms with Gasteiger partial charge >= 0.3 is 0 Å². The molecule has 14 heavy (non-hydrogen) atoms. The molecule has 0 aromatic heterocycles. The van der Waals surface area contributed by atoms with Gasteiger partial charge in [0.1, 0.15) is 0 Å². The molecule has 2 N–H and O–H groups in total. The Morgan fingerprint density at radius 3 is 3.00 bits per heavy atom. The van der Waals surface area contributed by atoms with Crippen molar-refractivity contribution in [3.63, 3.8) is 0 Å². The third-order valence-corrected chi connectivity index (χ3v) is 2.94. The number of nitrogens with two attached hydrogens (primary N) is 1. The molecule has 0 bridgehead atoms. The van der Waals surface area contributed by atoms with Crippen molar-refractivity contribution in [2.45, 2.75) is 20.3 Å². The minimum Gasteiger partial charge on any atom is -0.402 e. The molecule has 2 unspecified atom stereocenters. The van der Waals surface area contributed by atoms with Gasteiger partial charge in [-0.05, 0) is 43.3 Å². The highest BCUT2D eigenvalue weighted by molar-refractivity contribution is 5.49. The molecule has 0 amide bonds. The van der Waals surface area contributed by atoms with E-state index in [1.165, 1.54) is 17.6 Å². The van der Waals surface area contributed by atoms with Gasteiger partial charge in [-0.15, -0.1) is 0 Å². The predicted molar refractivity (Wildman–Crippen MR) is 60.5 cm³/mol. The summed E-state index contributed by atoms with van der Waals surface area (Å²) in [5, 5.41) is 0. The van der Waals surface area contributed by atoms with Crippen molar-refractivity contribution < 1.29 is 0 Å². The first-order chi connectivity index (χ1) is 6.74. The van der Waals surface area contributed by atoms with E-state index in [9.17, 15) is 0 Å². The molecule has 0 radical (unpaired) electrons. The number of hydrogen-bond donors (Lipinski definition) is 1. The Labute approximate surface area is 85.7 Å². The first-order valence-corrected chi connectivity index (χ1v) is 5.22. The van der Waals surface area contributed by atoms with E-state index in [-0.39, 0.29) is 0 Å². The van der Waals surface area contributed by atoms with Crippen LogP contribution in [0.1, 0.15) is 20.3 Å². The van der Waals surface area contributed by atoms with Crippen molar-refractivity contribution in [3.8, 4) is 0 Å². The monoisotopic (exact) mass is 187 g/mol. The predicted octanol–water partition coefficient (Wildman–Crippen LogP) is 2.93. The van der Waals surface area contributed by atoms with Crippen LogP contribution in [0.2, 0.25) is 0 Å². The third kappa shape index (κ3) is 1.54. The maximum absolute atomic E-state index is 5.90. The summed E-state index contributed by atoms with van der Waals surface area (Å²) in [6.07, 6.45) is 12.2. The Morgan fingerprint density at radius 2 is 2.36 bits per heavy atom. The van der Waals surface area contributed by atoms with Gasteiger partial charge in [0.2, 0.25) is 0 Å². The van der Waals surface area contributed by atoms with E-state index in [2.05, 4.69) is 30.4 Å². The lowest BCUT2D eigenvalue weighted by Crippen LogP contribution is -2.02. The van der Waals surface area contributed by atoms with Gasteiger partial charge in [-0.2, -0.15) is 0 Å². The van der Waals surface area contributed by atoms with E-state index in [0.29, 0.717) is 0 Å². The Bertz CT molecular complexity index is 351. The van der Waals surface area contributed by atoms with Crippen LogP contribution in [0.5, 0.6) is 0 Å². The minimum absolute atomic E-state index is 0.740. The quantitative estimate of drug-likeness (QED) is 0.661. The largest absolute Gasteiger partial charge is 0.402 e. The van der Waals surface area contributed by atoms with E-state index in [0.717, 1.165) is 17.5 Å². The van der Waals surface area contributed by atoms with Crippen molar-refractivity contribution in [2.75, 3.05) is 0 Å². The summed E-state index contributed by atoms with van der Waals surface area (Å²) in [5.74, 6) is 1.53. The fourth-order valence-electron chi connectivity index (χ4n) is 2.12. The second-order valence-corrected chi connectivity index (χ2v) is 4.11. The van der Waals surface area contributed by atoms with Crippen LogP contribution in [0.3, 0.4) is 0 Å². The highest BCUT2D eigenvalue weighted by Gasteiger charge is 2.39. The summed E-state index contributed by atoms with van der Waals surface area (Å²) in [5.41, 5.74) is 9.48. The Kier molecular flexibility index (Phi) is 2.32. The van der Waals surface area contributed by atoms with Gasteiger partial charge in [0, 0.05) is 5.70 Å². The first-order valence-electron chi connectivity index (χ1n) is 5.22. The van der Waals surface area contributed by atoms with Crippen molar-refractivity contribution in [2.24, 2.45) is 17.6 Å². The fourth-order valence-corrected chi connectivity index (χ4v) is 2.12. The Balaban J connectivity index is 2.33. The van der Waals surface area contributed by atoms with Gasteiger partial charge in [0.05, 0.1) is 0 Å². The summed E-state index contributed by atoms with van der Waals surface area (Å²) in [6.45, 7) is 4.01. The molecule has 0 saturated heterocycles. The van der Waals surface area contributed by atoms with Crippen LogP contribution in [-0.2, 0) is 0 Å². The molecule has 74 valence electrons. The van der Waals surface area contributed by atoms with Crippen LogP contribution >= 0.6 is 0 Å². The van der Waals surface area contributed by atoms with Crippen LogP contribution in [0.25, 0.3) is 0 Å². The molecule has 0 spiro atoms. The average Bonchev–Trinajstić information content (AvgIpc) is 2.92. The zero-order valence-electron chi connectivity index (χ0n) is 8.83. The molecule has 2 atom stereocenters. The normalized spacial score (nSPS) is 31.1. The average molecular weight is 187 g/mol. The van der Waals surface area contributed by atoms with Gasteiger partial charge in [-0.3, -0.25) is 0 Å². The molecule has 1 saturated carbocycles. The Morgan fingerprint density at radius 1 is 1.57 bits per heavy atom. The van der Waals surface area contributed by atoms with Crippen molar-refractivity contribution in [1.82, 2.24) is 0 Å². The molecule has 0 aliphatic heterocycles. The summed E-state index contributed by atoms with van der Waals surface area (Å²) >= 11 is 0. The van der Waals surface area contributed by atoms with E-state index >= 15 is 0 Å². The minimum atomic E-state index is 0.740. The van der Waals surface area contributed by atoms with E-state index in [1.807, 2.05) is 13.8 Å².